The molecule has 2 heteroatoms. The van der Waals surface area contributed by atoms with E-state index in [2.05, 4.69) is 71.1 Å². The van der Waals surface area contributed by atoms with Gasteiger partial charge in [0.25, 0.3) is 0 Å². The maximum atomic E-state index is 5.67. The first-order valence-corrected chi connectivity index (χ1v) is 6.67. The van der Waals surface area contributed by atoms with Gasteiger partial charge in [-0.1, -0.05) is 32.9 Å². The van der Waals surface area contributed by atoms with Crippen molar-refractivity contribution in [3.05, 3.63) is 29.8 Å². The lowest BCUT2D eigenvalue weighted by Crippen LogP contribution is -2.23. The molecule has 0 spiro atoms. The monoisotopic (exact) mass is 249 g/mol. The predicted octanol–water partition coefficient (Wildman–Crippen LogP) is 4.21. The maximum absolute atomic E-state index is 5.67. The molecule has 0 aromatic heterocycles. The summed E-state index contributed by atoms with van der Waals surface area (Å²) in [4.78, 5) is 0. The summed E-state index contributed by atoms with van der Waals surface area (Å²) in [5, 5.41) is 3.37. The highest BCUT2D eigenvalue weighted by Crippen LogP contribution is 2.23. The fourth-order valence-electron chi connectivity index (χ4n) is 1.64. The number of nitrogens with one attached hydrogen (secondary N) is 1. The number of hydrogen-bond acceptors (Lipinski definition) is 2. The van der Waals surface area contributed by atoms with Crippen molar-refractivity contribution in [3.63, 3.8) is 0 Å². The van der Waals surface area contributed by atoms with Crippen LogP contribution in [0.2, 0.25) is 0 Å². The van der Waals surface area contributed by atoms with Gasteiger partial charge in [-0.3, -0.25) is 0 Å². The maximum Gasteiger partial charge on any atom is 0.0646 e. The van der Waals surface area contributed by atoms with Crippen LogP contribution in [-0.2, 0) is 10.2 Å². The molecule has 0 atom stereocenters. The minimum Gasteiger partial charge on any atom is -0.383 e. The molecule has 1 rings (SSSR count). The van der Waals surface area contributed by atoms with E-state index in [0.717, 1.165) is 18.8 Å². The zero-order valence-electron chi connectivity index (χ0n) is 12.6. The molecule has 0 unspecified atom stereocenters. The molecule has 0 fully saturated rings. The van der Waals surface area contributed by atoms with Gasteiger partial charge < -0.3 is 10.1 Å². The molecule has 0 saturated carbocycles. The molecular formula is C16H27NO. The lowest BCUT2D eigenvalue weighted by atomic mass is 9.87. The average molecular weight is 249 g/mol. The lowest BCUT2D eigenvalue weighted by Gasteiger charge is -2.21. The summed E-state index contributed by atoms with van der Waals surface area (Å²) in [7, 11) is 0. The molecule has 102 valence electrons. The van der Waals surface area contributed by atoms with Crippen LogP contribution in [0.15, 0.2) is 24.3 Å². The third-order valence-electron chi connectivity index (χ3n) is 2.72. The Morgan fingerprint density at radius 2 is 1.50 bits per heavy atom. The molecule has 0 aliphatic heterocycles. The van der Waals surface area contributed by atoms with Crippen molar-refractivity contribution < 1.29 is 4.74 Å². The first-order chi connectivity index (χ1) is 8.18. The minimum atomic E-state index is -0.0578. The third kappa shape index (κ3) is 5.54. The number of ether oxygens (including phenoxy) is 1. The second kappa shape index (κ2) is 5.75. The molecular weight excluding hydrogens is 222 g/mol. The van der Waals surface area contributed by atoms with Gasteiger partial charge in [0.15, 0.2) is 0 Å². The highest BCUT2D eigenvalue weighted by Gasteiger charge is 2.12. The van der Waals surface area contributed by atoms with E-state index in [1.165, 1.54) is 5.56 Å². The summed E-state index contributed by atoms with van der Waals surface area (Å²) in [5.41, 5.74) is 2.67. The molecule has 0 saturated heterocycles. The van der Waals surface area contributed by atoms with Gasteiger partial charge in [-0.05, 0) is 43.9 Å². The van der Waals surface area contributed by atoms with E-state index >= 15 is 0 Å². The van der Waals surface area contributed by atoms with Crippen molar-refractivity contribution in [2.75, 3.05) is 18.5 Å². The van der Waals surface area contributed by atoms with E-state index in [1.54, 1.807) is 0 Å². The highest BCUT2D eigenvalue weighted by molar-refractivity contribution is 5.45. The molecule has 0 heterocycles. The van der Waals surface area contributed by atoms with E-state index in [9.17, 15) is 0 Å². The molecule has 0 radical (unpaired) electrons. The van der Waals surface area contributed by atoms with Crippen LogP contribution in [0.25, 0.3) is 0 Å². The Morgan fingerprint density at radius 1 is 0.944 bits per heavy atom. The Labute approximate surface area is 112 Å². The van der Waals surface area contributed by atoms with Crippen molar-refractivity contribution in [2.24, 2.45) is 0 Å². The third-order valence-corrected chi connectivity index (χ3v) is 2.72. The lowest BCUT2D eigenvalue weighted by molar-refractivity contribution is 0.00333. The van der Waals surface area contributed by atoms with Crippen LogP contribution in [0.3, 0.4) is 0 Å². The van der Waals surface area contributed by atoms with Crippen LogP contribution >= 0.6 is 0 Å². The molecule has 2 nitrogen and oxygen atoms in total. The minimum absolute atomic E-state index is 0.0578. The van der Waals surface area contributed by atoms with Crippen LogP contribution < -0.4 is 5.32 Å². The molecule has 0 bridgehead atoms. The van der Waals surface area contributed by atoms with Gasteiger partial charge >= 0.3 is 0 Å². The first kappa shape index (κ1) is 15.0. The standard InChI is InChI=1S/C16H27NO/c1-15(2,3)13-7-9-14(10-8-13)17-11-12-18-16(4,5)6/h7-10,17H,11-12H2,1-6H3. The smallest absolute Gasteiger partial charge is 0.0646 e. The Kier molecular flexibility index (Phi) is 4.80. The van der Waals surface area contributed by atoms with Crippen LogP contribution in [-0.4, -0.2) is 18.8 Å². The largest absolute Gasteiger partial charge is 0.383 e. The molecule has 1 aromatic rings. The zero-order chi connectivity index (χ0) is 13.8. The number of hydrogen-bond donors (Lipinski definition) is 1. The topological polar surface area (TPSA) is 21.3 Å². The summed E-state index contributed by atoms with van der Waals surface area (Å²) < 4.78 is 5.67. The molecule has 1 aromatic carbocycles. The highest BCUT2D eigenvalue weighted by atomic mass is 16.5. The van der Waals surface area contributed by atoms with Crippen LogP contribution in [0.5, 0.6) is 0 Å². The van der Waals surface area contributed by atoms with E-state index < -0.39 is 0 Å². The Hall–Kier alpha value is -1.02. The fourth-order valence-corrected chi connectivity index (χ4v) is 1.64. The normalized spacial score (nSPS) is 12.6. The van der Waals surface area contributed by atoms with E-state index in [-0.39, 0.29) is 11.0 Å². The summed E-state index contributed by atoms with van der Waals surface area (Å²) in [6, 6.07) is 8.65. The summed E-state index contributed by atoms with van der Waals surface area (Å²) in [6.45, 7) is 14.5. The molecule has 18 heavy (non-hydrogen) atoms. The number of benzene rings is 1. The van der Waals surface area contributed by atoms with Crippen LogP contribution in [0.4, 0.5) is 5.69 Å². The van der Waals surface area contributed by atoms with Crippen molar-refractivity contribution in [2.45, 2.75) is 52.6 Å². The molecule has 0 amide bonds. The quantitative estimate of drug-likeness (QED) is 0.807. The average Bonchev–Trinajstić information content (AvgIpc) is 2.22. The van der Waals surface area contributed by atoms with Crippen LogP contribution in [0.1, 0.15) is 47.1 Å². The van der Waals surface area contributed by atoms with Gasteiger partial charge in [0.1, 0.15) is 0 Å². The van der Waals surface area contributed by atoms with Crippen molar-refractivity contribution >= 4 is 5.69 Å². The molecule has 0 aliphatic carbocycles. The Bertz CT molecular complexity index is 354. The molecule has 0 aliphatic rings. The van der Waals surface area contributed by atoms with Crippen molar-refractivity contribution in [1.82, 2.24) is 0 Å². The second-order valence-corrected chi connectivity index (χ2v) is 6.71. The van der Waals surface area contributed by atoms with Crippen LogP contribution in [0, 0.1) is 0 Å². The van der Waals surface area contributed by atoms with E-state index in [0.29, 0.717) is 0 Å². The summed E-state index contributed by atoms with van der Waals surface area (Å²) >= 11 is 0. The predicted molar refractivity (Wildman–Crippen MR) is 79.3 cm³/mol. The van der Waals surface area contributed by atoms with Gasteiger partial charge in [-0.2, -0.15) is 0 Å². The van der Waals surface area contributed by atoms with E-state index in [4.69, 9.17) is 4.74 Å². The van der Waals surface area contributed by atoms with E-state index in [1.807, 2.05) is 0 Å². The Balaban J connectivity index is 2.41. The van der Waals surface area contributed by atoms with Gasteiger partial charge in [-0.25, -0.2) is 0 Å². The second-order valence-electron chi connectivity index (χ2n) is 6.71. The fraction of sp³-hybridized carbons (Fsp3) is 0.625. The number of rotatable bonds is 4. The molecule has 1 N–H and O–H groups in total. The van der Waals surface area contributed by atoms with Gasteiger partial charge in [0, 0.05) is 12.2 Å². The summed E-state index contributed by atoms with van der Waals surface area (Å²) in [5.74, 6) is 0. The Morgan fingerprint density at radius 3 is 1.94 bits per heavy atom. The van der Waals surface area contributed by atoms with Gasteiger partial charge in [-0.15, -0.1) is 0 Å². The van der Waals surface area contributed by atoms with Gasteiger partial charge in [0.05, 0.1) is 12.2 Å². The van der Waals surface area contributed by atoms with Crippen molar-refractivity contribution in [3.8, 4) is 0 Å². The number of anilines is 1. The first-order valence-electron chi connectivity index (χ1n) is 6.67. The van der Waals surface area contributed by atoms with Gasteiger partial charge in [0.2, 0.25) is 0 Å². The van der Waals surface area contributed by atoms with Crippen molar-refractivity contribution in [1.29, 1.82) is 0 Å². The SMILES string of the molecule is CC(C)(C)OCCNc1ccc(C(C)(C)C)cc1. The zero-order valence-corrected chi connectivity index (χ0v) is 12.6. The summed E-state index contributed by atoms with van der Waals surface area (Å²) in [6.07, 6.45) is 0.